The first kappa shape index (κ1) is 22.1. The number of hydrogen-bond donors (Lipinski definition) is 3. The summed E-state index contributed by atoms with van der Waals surface area (Å²) in [6.45, 7) is 2.38. The summed E-state index contributed by atoms with van der Waals surface area (Å²) < 4.78 is 29.7. The van der Waals surface area contributed by atoms with Crippen LogP contribution in [0.2, 0.25) is 0 Å². The molecule has 0 radical (unpaired) electrons. The summed E-state index contributed by atoms with van der Waals surface area (Å²) in [5.41, 5.74) is 0.896. The van der Waals surface area contributed by atoms with Gasteiger partial charge in [-0.3, -0.25) is 9.78 Å². The molecule has 9 heteroatoms. The zero-order chi connectivity index (χ0) is 23.4. The number of nitrogens with one attached hydrogen (secondary N) is 3. The maximum absolute atomic E-state index is 15.1. The minimum absolute atomic E-state index is 0.0607. The maximum atomic E-state index is 15.1. The molecule has 0 saturated heterocycles. The lowest BCUT2D eigenvalue weighted by atomic mass is 10.00. The number of ketones is 1. The molecule has 0 atom stereocenters. The summed E-state index contributed by atoms with van der Waals surface area (Å²) >= 11 is 0. The van der Waals surface area contributed by atoms with E-state index in [9.17, 15) is 14.0 Å². The number of fused-ring (bicyclic) bond motifs is 1. The van der Waals surface area contributed by atoms with Gasteiger partial charge >= 0.3 is 6.03 Å². The van der Waals surface area contributed by atoms with Crippen LogP contribution in [0.1, 0.15) is 35.7 Å². The zero-order valence-electron chi connectivity index (χ0n) is 17.8. The summed E-state index contributed by atoms with van der Waals surface area (Å²) in [4.78, 5) is 36.4. The Morgan fingerprint density at radius 2 is 1.97 bits per heavy atom. The number of aromatic amines is 1. The largest absolute Gasteiger partial charge is 0.345 e. The van der Waals surface area contributed by atoms with Crippen LogP contribution in [0.4, 0.5) is 19.3 Å². The van der Waals surface area contributed by atoms with E-state index in [4.69, 9.17) is 0 Å². The number of carbonyl (C=O) groups excluding carboxylic acids is 2. The van der Waals surface area contributed by atoms with Gasteiger partial charge in [-0.1, -0.05) is 19.4 Å². The van der Waals surface area contributed by atoms with Crippen molar-refractivity contribution in [3.05, 3.63) is 77.9 Å². The number of carbonyl (C=O) groups is 2. The minimum Gasteiger partial charge on any atom is -0.345 e. The Labute approximate surface area is 188 Å². The Hall–Kier alpha value is -4.14. The predicted octanol–water partition coefficient (Wildman–Crippen LogP) is 5.06. The number of halogens is 2. The second-order valence-corrected chi connectivity index (χ2v) is 7.41. The molecule has 0 fully saturated rings. The van der Waals surface area contributed by atoms with Crippen molar-refractivity contribution in [3.8, 4) is 11.1 Å². The molecule has 2 amide bonds. The van der Waals surface area contributed by atoms with Crippen molar-refractivity contribution in [2.45, 2.75) is 19.8 Å². The molecule has 0 bridgehead atoms. The first-order valence-electron chi connectivity index (χ1n) is 10.4. The third-order valence-electron chi connectivity index (χ3n) is 5.15. The average Bonchev–Trinajstić information content (AvgIpc) is 3.25. The minimum atomic E-state index is -1.14. The standard InChI is InChI=1S/C24H21F2N5O2/c1-2-3-9-28-24(33)31-19-7-6-18(25)20(21(19)26)22(32)17-13-30-23-16(17)10-15(12-29-23)14-5-4-8-27-11-14/h4-8,10-13H,2-3,9H2,1H3,(H,29,30)(H2,28,31,33). The molecule has 3 aromatic heterocycles. The Bertz CT molecular complexity index is 1320. The average molecular weight is 449 g/mol. The number of benzene rings is 1. The van der Waals surface area contributed by atoms with Crippen molar-refractivity contribution in [2.75, 3.05) is 11.9 Å². The first-order valence-corrected chi connectivity index (χ1v) is 10.4. The molecule has 4 aromatic rings. The van der Waals surface area contributed by atoms with Gasteiger partial charge in [0.15, 0.2) is 5.82 Å². The van der Waals surface area contributed by atoms with Crippen molar-refractivity contribution in [2.24, 2.45) is 0 Å². The van der Waals surface area contributed by atoms with E-state index >= 15 is 4.39 Å². The number of unbranched alkanes of at least 4 members (excludes halogenated alkanes) is 1. The number of aromatic nitrogens is 3. The highest BCUT2D eigenvalue weighted by Crippen LogP contribution is 2.29. The van der Waals surface area contributed by atoms with Gasteiger partial charge in [-0.15, -0.1) is 0 Å². The molecule has 0 saturated carbocycles. The van der Waals surface area contributed by atoms with Gasteiger partial charge < -0.3 is 15.6 Å². The molecular formula is C24H21F2N5O2. The van der Waals surface area contributed by atoms with Crippen LogP contribution in [0.25, 0.3) is 22.2 Å². The van der Waals surface area contributed by atoms with E-state index in [1.165, 1.54) is 6.20 Å². The van der Waals surface area contributed by atoms with Crippen molar-refractivity contribution in [1.82, 2.24) is 20.3 Å². The highest BCUT2D eigenvalue weighted by Gasteiger charge is 2.25. The molecule has 33 heavy (non-hydrogen) atoms. The molecule has 0 aliphatic carbocycles. The molecule has 0 aliphatic rings. The van der Waals surface area contributed by atoms with Gasteiger partial charge in [0.25, 0.3) is 0 Å². The number of rotatable bonds is 7. The quantitative estimate of drug-likeness (QED) is 0.271. The van der Waals surface area contributed by atoms with E-state index in [0.29, 0.717) is 23.1 Å². The van der Waals surface area contributed by atoms with Crippen LogP contribution in [-0.4, -0.2) is 33.3 Å². The van der Waals surface area contributed by atoms with E-state index in [2.05, 4.69) is 25.6 Å². The lowest BCUT2D eigenvalue weighted by Crippen LogP contribution is -2.30. The highest BCUT2D eigenvalue weighted by molar-refractivity contribution is 6.17. The molecule has 168 valence electrons. The monoisotopic (exact) mass is 449 g/mol. The van der Waals surface area contributed by atoms with Crippen LogP contribution in [-0.2, 0) is 0 Å². The van der Waals surface area contributed by atoms with Gasteiger partial charge in [0.1, 0.15) is 11.5 Å². The van der Waals surface area contributed by atoms with Gasteiger partial charge in [-0.2, -0.15) is 0 Å². The Morgan fingerprint density at radius 1 is 1.12 bits per heavy atom. The van der Waals surface area contributed by atoms with E-state index in [1.807, 2.05) is 13.0 Å². The number of urea groups is 1. The second kappa shape index (κ2) is 9.56. The van der Waals surface area contributed by atoms with Crippen LogP contribution < -0.4 is 10.6 Å². The van der Waals surface area contributed by atoms with Gasteiger partial charge in [0, 0.05) is 53.4 Å². The van der Waals surface area contributed by atoms with Crippen molar-refractivity contribution < 1.29 is 18.4 Å². The summed E-state index contributed by atoms with van der Waals surface area (Å²) in [6, 6.07) is 6.71. The van der Waals surface area contributed by atoms with Crippen LogP contribution in [0.15, 0.2) is 55.1 Å². The second-order valence-electron chi connectivity index (χ2n) is 7.41. The molecular weight excluding hydrogens is 428 g/mol. The Balaban J connectivity index is 1.68. The summed E-state index contributed by atoms with van der Waals surface area (Å²) in [5.74, 6) is -3.03. The van der Waals surface area contributed by atoms with E-state index < -0.39 is 29.0 Å². The fourth-order valence-corrected chi connectivity index (χ4v) is 3.42. The molecule has 3 heterocycles. The third kappa shape index (κ3) is 4.57. The molecule has 0 unspecified atom stereocenters. The third-order valence-corrected chi connectivity index (χ3v) is 5.15. The molecule has 4 rings (SSSR count). The summed E-state index contributed by atoms with van der Waals surface area (Å²) in [5, 5.41) is 5.33. The van der Waals surface area contributed by atoms with Gasteiger partial charge in [-0.25, -0.2) is 18.6 Å². The number of H-pyrrole nitrogens is 1. The fourth-order valence-electron chi connectivity index (χ4n) is 3.42. The topological polar surface area (TPSA) is 99.8 Å². The molecule has 7 nitrogen and oxygen atoms in total. The normalized spacial score (nSPS) is 10.9. The summed E-state index contributed by atoms with van der Waals surface area (Å²) in [7, 11) is 0. The molecule has 0 spiro atoms. The highest BCUT2D eigenvalue weighted by atomic mass is 19.1. The van der Waals surface area contributed by atoms with E-state index in [0.717, 1.165) is 30.5 Å². The SMILES string of the molecule is CCCCNC(=O)Nc1ccc(F)c(C(=O)c2c[nH]c3ncc(-c4cccnc4)cc23)c1F. The van der Waals surface area contributed by atoms with Crippen LogP contribution in [0, 0.1) is 11.6 Å². The molecule has 3 N–H and O–H groups in total. The van der Waals surface area contributed by atoms with Gasteiger partial charge in [-0.05, 0) is 30.7 Å². The van der Waals surface area contributed by atoms with Crippen molar-refractivity contribution in [1.29, 1.82) is 0 Å². The smallest absolute Gasteiger partial charge is 0.319 e. The van der Waals surface area contributed by atoms with Crippen molar-refractivity contribution >= 4 is 28.5 Å². The van der Waals surface area contributed by atoms with E-state index in [1.54, 1.807) is 30.7 Å². The van der Waals surface area contributed by atoms with Crippen LogP contribution in [0.3, 0.4) is 0 Å². The van der Waals surface area contributed by atoms with Crippen LogP contribution in [0.5, 0.6) is 0 Å². The van der Waals surface area contributed by atoms with Crippen molar-refractivity contribution in [3.63, 3.8) is 0 Å². The van der Waals surface area contributed by atoms with E-state index in [-0.39, 0.29) is 11.3 Å². The number of hydrogen-bond acceptors (Lipinski definition) is 4. The lowest BCUT2D eigenvalue weighted by molar-refractivity contribution is 0.103. The number of pyridine rings is 2. The zero-order valence-corrected chi connectivity index (χ0v) is 17.8. The van der Waals surface area contributed by atoms with Gasteiger partial charge in [0.05, 0.1) is 11.3 Å². The number of amides is 2. The molecule has 1 aromatic carbocycles. The predicted molar refractivity (Wildman–Crippen MR) is 121 cm³/mol. The Morgan fingerprint density at radius 3 is 2.73 bits per heavy atom. The number of nitrogens with zero attached hydrogens (tertiary/aromatic N) is 2. The van der Waals surface area contributed by atoms with Crippen LogP contribution >= 0.6 is 0 Å². The molecule has 0 aliphatic heterocycles. The van der Waals surface area contributed by atoms with Gasteiger partial charge in [0.2, 0.25) is 5.78 Å². The number of anilines is 1. The Kier molecular flexibility index (Phi) is 6.39. The fraction of sp³-hybridized carbons (Fsp3) is 0.167. The maximum Gasteiger partial charge on any atom is 0.319 e. The summed E-state index contributed by atoms with van der Waals surface area (Å²) in [6.07, 6.45) is 7.91. The lowest BCUT2D eigenvalue weighted by Gasteiger charge is -2.11. The first-order chi connectivity index (χ1) is 16.0.